The fourth-order valence-electron chi connectivity index (χ4n) is 1.85. The fraction of sp³-hybridized carbons (Fsp3) is 0.188. The Morgan fingerprint density at radius 2 is 1.23 bits per heavy atom. The van der Waals surface area contributed by atoms with Gasteiger partial charge < -0.3 is 24.8 Å². The van der Waals surface area contributed by atoms with Crippen molar-refractivity contribution in [3.8, 4) is 17.2 Å². The molecule has 0 heterocycles. The average Bonchev–Trinajstić information content (AvgIpc) is 2.55. The van der Waals surface area contributed by atoms with E-state index in [1.54, 1.807) is 27.4 Å². The molecule has 0 atom stereocenters. The molecule has 2 aromatic carbocycles. The molecule has 5 nitrogen and oxygen atoms in total. The van der Waals surface area contributed by atoms with Gasteiger partial charge in [0.15, 0.2) is 5.11 Å². The molecule has 0 saturated heterocycles. The van der Waals surface area contributed by atoms with E-state index >= 15 is 0 Å². The lowest BCUT2D eigenvalue weighted by molar-refractivity contribution is 0.395. The molecule has 0 aromatic heterocycles. The highest BCUT2D eigenvalue weighted by Crippen LogP contribution is 2.26. The Morgan fingerprint density at radius 3 is 1.73 bits per heavy atom. The summed E-state index contributed by atoms with van der Waals surface area (Å²) < 4.78 is 15.6. The molecule has 2 rings (SSSR count). The second-order valence-corrected chi connectivity index (χ2v) is 4.82. The van der Waals surface area contributed by atoms with Gasteiger partial charge in [-0.05, 0) is 36.5 Å². The Kier molecular flexibility index (Phi) is 5.43. The van der Waals surface area contributed by atoms with Gasteiger partial charge in [-0.3, -0.25) is 0 Å². The lowest BCUT2D eigenvalue weighted by atomic mass is 10.2. The maximum Gasteiger partial charge on any atom is 0.175 e. The Hall–Kier alpha value is -2.47. The van der Waals surface area contributed by atoms with Crippen molar-refractivity contribution < 1.29 is 14.2 Å². The van der Waals surface area contributed by atoms with Crippen LogP contribution in [-0.4, -0.2) is 26.4 Å². The molecule has 0 amide bonds. The summed E-state index contributed by atoms with van der Waals surface area (Å²) in [6.07, 6.45) is 0. The smallest absolute Gasteiger partial charge is 0.175 e. The third-order valence-electron chi connectivity index (χ3n) is 2.96. The third-order valence-corrected chi connectivity index (χ3v) is 3.16. The minimum Gasteiger partial charge on any atom is -0.497 e. The lowest BCUT2D eigenvalue weighted by Crippen LogP contribution is -2.19. The van der Waals surface area contributed by atoms with Crippen LogP contribution in [0.3, 0.4) is 0 Å². The molecule has 0 fully saturated rings. The first-order chi connectivity index (χ1) is 10.6. The van der Waals surface area contributed by atoms with Crippen LogP contribution < -0.4 is 24.8 Å². The summed E-state index contributed by atoms with van der Waals surface area (Å²) >= 11 is 5.30. The van der Waals surface area contributed by atoms with Crippen LogP contribution in [0.4, 0.5) is 11.4 Å². The first-order valence-electron chi connectivity index (χ1n) is 6.59. The lowest BCUT2D eigenvalue weighted by Gasteiger charge is -2.13. The van der Waals surface area contributed by atoms with Crippen molar-refractivity contribution >= 4 is 28.7 Å². The van der Waals surface area contributed by atoms with Crippen LogP contribution in [0, 0.1) is 0 Å². The third kappa shape index (κ3) is 4.26. The number of hydrogen-bond acceptors (Lipinski definition) is 4. The molecule has 6 heteroatoms. The van der Waals surface area contributed by atoms with Crippen molar-refractivity contribution in [2.75, 3.05) is 32.0 Å². The Balaban J connectivity index is 2.04. The number of methoxy groups -OCH3 is 3. The Morgan fingerprint density at radius 1 is 0.727 bits per heavy atom. The summed E-state index contributed by atoms with van der Waals surface area (Å²) in [7, 11) is 4.84. The van der Waals surface area contributed by atoms with Crippen LogP contribution >= 0.6 is 12.2 Å². The highest BCUT2D eigenvalue weighted by molar-refractivity contribution is 7.80. The van der Waals surface area contributed by atoms with Gasteiger partial charge in [-0.15, -0.1) is 0 Å². The second-order valence-electron chi connectivity index (χ2n) is 4.41. The predicted octanol–water partition coefficient (Wildman–Crippen LogP) is 3.52. The van der Waals surface area contributed by atoms with Gasteiger partial charge in [-0.2, -0.15) is 0 Å². The fourth-order valence-corrected chi connectivity index (χ4v) is 2.08. The van der Waals surface area contributed by atoms with Crippen molar-refractivity contribution in [2.24, 2.45) is 0 Å². The number of benzene rings is 2. The van der Waals surface area contributed by atoms with E-state index < -0.39 is 0 Å². The predicted molar refractivity (Wildman–Crippen MR) is 92.4 cm³/mol. The van der Waals surface area contributed by atoms with Crippen LogP contribution in [0.5, 0.6) is 17.2 Å². The SMILES string of the molecule is COc1ccc(NC(=S)Nc2cc(OC)cc(OC)c2)cc1. The Bertz CT molecular complexity index is 622. The van der Waals surface area contributed by atoms with E-state index in [1.165, 1.54) is 0 Å². The van der Waals surface area contributed by atoms with Gasteiger partial charge in [0.1, 0.15) is 17.2 Å². The van der Waals surface area contributed by atoms with Gasteiger partial charge in [-0.1, -0.05) is 0 Å². The van der Waals surface area contributed by atoms with Gasteiger partial charge >= 0.3 is 0 Å². The minimum absolute atomic E-state index is 0.473. The highest BCUT2D eigenvalue weighted by Gasteiger charge is 2.04. The number of nitrogens with one attached hydrogen (secondary N) is 2. The summed E-state index contributed by atoms with van der Waals surface area (Å²) in [6.45, 7) is 0. The van der Waals surface area contributed by atoms with Crippen LogP contribution in [0.1, 0.15) is 0 Å². The first kappa shape index (κ1) is 15.9. The Labute approximate surface area is 135 Å². The number of rotatable bonds is 5. The zero-order valence-electron chi connectivity index (χ0n) is 12.7. The van der Waals surface area contributed by atoms with Crippen molar-refractivity contribution in [3.63, 3.8) is 0 Å². The summed E-state index contributed by atoms with van der Waals surface area (Å²) in [5, 5.41) is 6.67. The average molecular weight is 318 g/mol. The normalized spacial score (nSPS) is 9.77. The summed E-state index contributed by atoms with van der Waals surface area (Å²) in [4.78, 5) is 0. The molecule has 2 N–H and O–H groups in total. The molecule has 116 valence electrons. The van der Waals surface area contributed by atoms with E-state index in [9.17, 15) is 0 Å². The van der Waals surface area contributed by atoms with E-state index in [-0.39, 0.29) is 0 Å². The maximum atomic E-state index is 5.30. The summed E-state index contributed by atoms with van der Waals surface area (Å²) in [5.74, 6) is 2.17. The molecule has 0 spiro atoms. The van der Waals surface area contributed by atoms with Crippen LogP contribution in [0.15, 0.2) is 42.5 Å². The van der Waals surface area contributed by atoms with Crippen molar-refractivity contribution in [1.82, 2.24) is 0 Å². The number of ether oxygens (including phenoxy) is 3. The molecule has 0 aliphatic heterocycles. The molecule has 2 aromatic rings. The quantitative estimate of drug-likeness (QED) is 0.823. The second kappa shape index (κ2) is 7.51. The van der Waals surface area contributed by atoms with Crippen LogP contribution in [0.2, 0.25) is 0 Å². The van der Waals surface area contributed by atoms with Gasteiger partial charge in [0.25, 0.3) is 0 Å². The molecule has 0 saturated carbocycles. The standard InChI is InChI=1S/C16H18N2O3S/c1-19-13-6-4-11(5-7-13)17-16(22)18-12-8-14(20-2)10-15(9-12)21-3/h4-10H,1-3H3,(H2,17,18,22). The highest BCUT2D eigenvalue weighted by atomic mass is 32.1. The largest absolute Gasteiger partial charge is 0.497 e. The first-order valence-corrected chi connectivity index (χ1v) is 7.00. The zero-order valence-corrected chi connectivity index (χ0v) is 13.5. The molecule has 0 aliphatic rings. The van der Waals surface area contributed by atoms with E-state index in [0.717, 1.165) is 17.1 Å². The van der Waals surface area contributed by atoms with E-state index in [4.69, 9.17) is 26.4 Å². The van der Waals surface area contributed by atoms with Gasteiger partial charge in [0.2, 0.25) is 0 Å². The molecule has 22 heavy (non-hydrogen) atoms. The van der Waals surface area contributed by atoms with E-state index in [1.807, 2.05) is 36.4 Å². The molecule has 0 aliphatic carbocycles. The summed E-state index contributed by atoms with van der Waals surface area (Å²) in [5.41, 5.74) is 1.65. The topological polar surface area (TPSA) is 51.8 Å². The number of hydrogen-bond donors (Lipinski definition) is 2. The van der Waals surface area contributed by atoms with Crippen LogP contribution in [0.25, 0.3) is 0 Å². The number of thiocarbonyl (C=S) groups is 1. The molecular weight excluding hydrogens is 300 g/mol. The van der Waals surface area contributed by atoms with Crippen molar-refractivity contribution in [2.45, 2.75) is 0 Å². The van der Waals surface area contributed by atoms with E-state index in [2.05, 4.69) is 10.6 Å². The van der Waals surface area contributed by atoms with E-state index in [0.29, 0.717) is 16.6 Å². The monoisotopic (exact) mass is 318 g/mol. The minimum atomic E-state index is 0.473. The van der Waals surface area contributed by atoms with Gasteiger partial charge in [0.05, 0.1) is 21.3 Å². The molecule has 0 unspecified atom stereocenters. The van der Waals surface area contributed by atoms with Crippen molar-refractivity contribution in [1.29, 1.82) is 0 Å². The summed E-state index contributed by atoms with van der Waals surface area (Å²) in [6, 6.07) is 13.0. The maximum absolute atomic E-state index is 5.30. The van der Waals surface area contributed by atoms with Gasteiger partial charge in [-0.25, -0.2) is 0 Å². The molecule has 0 bridgehead atoms. The molecule has 0 radical (unpaired) electrons. The van der Waals surface area contributed by atoms with Crippen LogP contribution in [-0.2, 0) is 0 Å². The van der Waals surface area contributed by atoms with Gasteiger partial charge in [0, 0.05) is 29.6 Å². The van der Waals surface area contributed by atoms with Crippen molar-refractivity contribution in [3.05, 3.63) is 42.5 Å². The number of anilines is 2. The zero-order chi connectivity index (χ0) is 15.9. The molecular formula is C16H18N2O3S.